The number of hydrogen-bond donors (Lipinski definition) is 2. The van der Waals surface area contributed by atoms with Gasteiger partial charge < -0.3 is 24.9 Å². The Morgan fingerprint density at radius 1 is 1.16 bits per heavy atom. The summed E-state index contributed by atoms with van der Waals surface area (Å²) in [6.07, 6.45) is 0.230. The molecule has 0 heterocycles. The Labute approximate surface area is 191 Å². The molecule has 0 spiro atoms. The number of ether oxygens (including phenoxy) is 1. The zero-order valence-electron chi connectivity index (χ0n) is 17.6. The predicted octanol–water partition coefficient (Wildman–Crippen LogP) is 3.90. The van der Waals surface area contributed by atoms with Crippen molar-refractivity contribution >= 4 is 29.6 Å². The first-order chi connectivity index (χ1) is 15.3. The second kappa shape index (κ2) is 12.3. The number of carboxylic acid groups (broad SMARTS) is 1. The van der Waals surface area contributed by atoms with E-state index in [0.29, 0.717) is 24.4 Å². The maximum Gasteiger partial charge on any atom is 0.415 e. The van der Waals surface area contributed by atoms with Crippen LogP contribution < -0.4 is 10.1 Å². The summed E-state index contributed by atoms with van der Waals surface area (Å²) in [7, 11) is 0. The number of amides is 2. The molecule has 0 bridgehead atoms. The van der Waals surface area contributed by atoms with E-state index in [1.54, 1.807) is 42.5 Å². The molecule has 0 aliphatic carbocycles. The lowest BCUT2D eigenvalue weighted by Crippen LogP contribution is -2.42. The highest BCUT2D eigenvalue weighted by Crippen LogP contribution is 2.17. The smallest absolute Gasteiger partial charge is 0.415 e. The zero-order chi connectivity index (χ0) is 23.5. The fraction of sp³-hybridized carbons (Fsp3) is 0.304. The van der Waals surface area contributed by atoms with E-state index in [-0.39, 0.29) is 23.6 Å². The molecule has 2 rings (SSSR count). The first kappa shape index (κ1) is 24.7. The quantitative estimate of drug-likeness (QED) is 0.527. The molecule has 0 aliphatic heterocycles. The third-order valence-corrected chi connectivity index (χ3v) is 4.85. The number of hydrogen-bond acceptors (Lipinski definition) is 4. The molecule has 2 amide bonds. The summed E-state index contributed by atoms with van der Waals surface area (Å²) in [5, 5.41) is 12.2. The van der Waals surface area contributed by atoms with Crippen molar-refractivity contribution in [3.05, 3.63) is 76.1 Å². The van der Waals surface area contributed by atoms with Gasteiger partial charge in [0.05, 0.1) is 17.1 Å². The third kappa shape index (κ3) is 7.29. The highest BCUT2D eigenvalue weighted by Gasteiger charge is 2.22. The van der Waals surface area contributed by atoms with Gasteiger partial charge in [-0.05, 0) is 36.2 Å². The maximum absolute atomic E-state index is 12.4. The van der Waals surface area contributed by atoms with Crippen LogP contribution in [-0.4, -0.2) is 53.7 Å². The lowest BCUT2D eigenvalue weighted by Gasteiger charge is -2.19. The summed E-state index contributed by atoms with van der Waals surface area (Å²) >= 11 is 6.00. The van der Waals surface area contributed by atoms with Crippen LogP contribution in [0.2, 0.25) is 5.02 Å². The summed E-state index contributed by atoms with van der Waals surface area (Å²) in [5.41, 5.74) is 0.826. The highest BCUT2D eigenvalue weighted by molar-refractivity contribution is 6.33. The van der Waals surface area contributed by atoms with E-state index in [1.165, 1.54) is 11.0 Å². The largest absolute Gasteiger partial charge is 0.480 e. The Balaban J connectivity index is 2.02. The van der Waals surface area contributed by atoms with Crippen molar-refractivity contribution in [2.75, 3.05) is 19.6 Å². The molecule has 168 valence electrons. The van der Waals surface area contributed by atoms with Crippen LogP contribution >= 0.6 is 11.6 Å². The molecule has 1 atom stereocenters. The molecule has 2 N–H and O–H groups in total. The van der Waals surface area contributed by atoms with Crippen LogP contribution in [0.4, 0.5) is 4.79 Å². The molecule has 0 unspecified atom stereocenters. The van der Waals surface area contributed by atoms with E-state index in [1.807, 2.05) is 6.92 Å². The number of aliphatic carboxylic acids is 1. The number of carbonyl (C=O) groups is 3. The normalized spacial score (nSPS) is 11.2. The SMILES string of the molecule is [C-]#[N+]CCN(CCC)C(=O)Oc1ccc(C[C@H](NC(=O)c2ccccc2Cl)C(=O)O)cc1. The van der Waals surface area contributed by atoms with Crippen LogP contribution in [0.3, 0.4) is 0 Å². The second-order valence-electron chi connectivity index (χ2n) is 6.93. The Bertz CT molecular complexity index is 988. The molecular formula is C23H24ClN3O5. The van der Waals surface area contributed by atoms with Gasteiger partial charge in [0.1, 0.15) is 11.8 Å². The Morgan fingerprint density at radius 3 is 2.44 bits per heavy atom. The minimum absolute atomic E-state index is 0.0344. The van der Waals surface area contributed by atoms with Crippen LogP contribution in [0.1, 0.15) is 29.3 Å². The minimum atomic E-state index is -1.18. The number of carboxylic acids is 1. The first-order valence-corrected chi connectivity index (χ1v) is 10.4. The maximum atomic E-state index is 12.4. The number of rotatable bonds is 10. The number of nitrogens with one attached hydrogen (secondary N) is 1. The monoisotopic (exact) mass is 457 g/mol. The molecule has 0 saturated carbocycles. The number of halogens is 1. The summed E-state index contributed by atoms with van der Waals surface area (Å²) in [5.74, 6) is -1.46. The first-order valence-electron chi connectivity index (χ1n) is 10.0. The van der Waals surface area contributed by atoms with Gasteiger partial charge >= 0.3 is 12.1 Å². The van der Waals surface area contributed by atoms with Gasteiger partial charge in [-0.15, -0.1) is 0 Å². The molecule has 8 nitrogen and oxygen atoms in total. The van der Waals surface area contributed by atoms with Gasteiger partial charge in [-0.2, -0.15) is 0 Å². The van der Waals surface area contributed by atoms with Crippen molar-refractivity contribution in [2.45, 2.75) is 25.8 Å². The summed E-state index contributed by atoms with van der Waals surface area (Å²) < 4.78 is 5.35. The van der Waals surface area contributed by atoms with Crippen LogP contribution in [0, 0.1) is 6.57 Å². The summed E-state index contributed by atoms with van der Waals surface area (Å²) in [6, 6.07) is 11.6. The van der Waals surface area contributed by atoms with E-state index in [0.717, 1.165) is 6.42 Å². The van der Waals surface area contributed by atoms with Crippen molar-refractivity contribution in [2.24, 2.45) is 0 Å². The van der Waals surface area contributed by atoms with Crippen molar-refractivity contribution in [3.8, 4) is 5.75 Å². The average Bonchev–Trinajstić information content (AvgIpc) is 2.77. The number of carbonyl (C=O) groups excluding carboxylic acids is 2. The summed E-state index contributed by atoms with van der Waals surface area (Å²) in [6.45, 7) is 9.77. The van der Waals surface area contributed by atoms with Crippen LogP contribution in [0.25, 0.3) is 4.85 Å². The fourth-order valence-corrected chi connectivity index (χ4v) is 3.13. The van der Waals surface area contributed by atoms with E-state index in [2.05, 4.69) is 10.2 Å². The zero-order valence-corrected chi connectivity index (χ0v) is 18.3. The van der Waals surface area contributed by atoms with Gasteiger partial charge in [0.2, 0.25) is 6.54 Å². The molecule has 2 aromatic carbocycles. The topological polar surface area (TPSA) is 100 Å². The van der Waals surface area contributed by atoms with E-state index in [4.69, 9.17) is 22.9 Å². The van der Waals surface area contributed by atoms with Crippen molar-refractivity contribution < 1.29 is 24.2 Å². The lowest BCUT2D eigenvalue weighted by atomic mass is 10.1. The molecule has 0 fully saturated rings. The third-order valence-electron chi connectivity index (χ3n) is 4.52. The van der Waals surface area contributed by atoms with Crippen molar-refractivity contribution in [1.29, 1.82) is 0 Å². The Kier molecular flexibility index (Phi) is 9.51. The van der Waals surface area contributed by atoms with Gasteiger partial charge in [-0.1, -0.05) is 42.8 Å². The highest BCUT2D eigenvalue weighted by atomic mass is 35.5. The molecule has 32 heavy (non-hydrogen) atoms. The molecular weight excluding hydrogens is 434 g/mol. The number of nitrogens with zero attached hydrogens (tertiary/aromatic N) is 2. The molecule has 0 aliphatic rings. The summed E-state index contributed by atoms with van der Waals surface area (Å²) in [4.78, 5) is 41.1. The van der Waals surface area contributed by atoms with Crippen LogP contribution in [0.5, 0.6) is 5.75 Å². The van der Waals surface area contributed by atoms with Gasteiger partial charge in [-0.3, -0.25) is 4.79 Å². The predicted molar refractivity (Wildman–Crippen MR) is 120 cm³/mol. The second-order valence-corrected chi connectivity index (χ2v) is 7.34. The lowest BCUT2D eigenvalue weighted by molar-refractivity contribution is -0.139. The van der Waals surface area contributed by atoms with E-state index >= 15 is 0 Å². The molecule has 0 radical (unpaired) electrons. The van der Waals surface area contributed by atoms with Crippen LogP contribution in [0.15, 0.2) is 48.5 Å². The van der Waals surface area contributed by atoms with Crippen LogP contribution in [-0.2, 0) is 11.2 Å². The van der Waals surface area contributed by atoms with Gasteiger partial charge in [-0.25, -0.2) is 16.2 Å². The van der Waals surface area contributed by atoms with E-state index < -0.39 is 24.0 Å². The average molecular weight is 458 g/mol. The van der Waals surface area contributed by atoms with Gasteiger partial charge in [0.15, 0.2) is 0 Å². The van der Waals surface area contributed by atoms with Gasteiger partial charge in [0.25, 0.3) is 5.91 Å². The molecule has 0 saturated heterocycles. The molecule has 9 heteroatoms. The fourth-order valence-electron chi connectivity index (χ4n) is 2.91. The molecule has 2 aromatic rings. The van der Waals surface area contributed by atoms with Crippen molar-refractivity contribution in [1.82, 2.24) is 10.2 Å². The van der Waals surface area contributed by atoms with Crippen molar-refractivity contribution in [3.63, 3.8) is 0 Å². The standard InChI is InChI=1S/C23H24ClN3O5/c1-3-13-27(14-12-25-2)23(31)32-17-10-8-16(9-11-17)15-20(22(29)30)26-21(28)18-6-4-5-7-19(18)24/h4-11,20H,3,12-15H2,1H3,(H,26,28)(H,29,30)/t20-/m0/s1. The minimum Gasteiger partial charge on any atom is -0.480 e. The molecule has 0 aromatic heterocycles. The van der Waals surface area contributed by atoms with Gasteiger partial charge in [0, 0.05) is 13.0 Å². The van der Waals surface area contributed by atoms with E-state index in [9.17, 15) is 19.5 Å². The Hall–Kier alpha value is -3.57. The number of benzene rings is 2. The Morgan fingerprint density at radius 2 is 1.84 bits per heavy atom.